The first-order valence-electron chi connectivity index (χ1n) is 8.44. The van der Waals surface area contributed by atoms with Crippen LogP contribution in [-0.4, -0.2) is 36.8 Å². The first kappa shape index (κ1) is 17.4. The van der Waals surface area contributed by atoms with Gasteiger partial charge in [0.05, 0.1) is 18.8 Å². The fourth-order valence-electron chi connectivity index (χ4n) is 2.62. The van der Waals surface area contributed by atoms with Gasteiger partial charge in [-0.3, -0.25) is 4.79 Å². The molecule has 6 heteroatoms. The van der Waals surface area contributed by atoms with Crippen molar-refractivity contribution in [3.05, 3.63) is 59.5 Å². The number of nitrogens with zero attached hydrogens (tertiary/aromatic N) is 1. The molecule has 2 aromatic rings. The second-order valence-corrected chi connectivity index (χ2v) is 5.95. The van der Waals surface area contributed by atoms with E-state index in [4.69, 9.17) is 9.47 Å². The number of benzene rings is 1. The van der Waals surface area contributed by atoms with Gasteiger partial charge in [-0.05, 0) is 30.2 Å². The maximum absolute atomic E-state index is 12.8. The minimum absolute atomic E-state index is 0.122. The van der Waals surface area contributed by atoms with E-state index in [2.05, 4.69) is 10.3 Å². The molecule has 0 spiro atoms. The monoisotopic (exact) mass is 344 g/mol. The highest BCUT2D eigenvalue weighted by Gasteiger charge is 2.16. The maximum atomic E-state index is 12.8. The number of nitrogens with one attached hydrogen (secondary N) is 1. The van der Waals surface area contributed by atoms with Crippen LogP contribution in [0.15, 0.2) is 42.6 Å². The fraction of sp³-hybridized carbons (Fsp3) is 0.368. The van der Waals surface area contributed by atoms with E-state index >= 15 is 0 Å². The number of halogens is 1. The van der Waals surface area contributed by atoms with Crippen molar-refractivity contribution in [3.63, 3.8) is 0 Å². The van der Waals surface area contributed by atoms with Gasteiger partial charge in [0.15, 0.2) is 0 Å². The molecule has 1 N–H and O–H groups in total. The third-order valence-electron chi connectivity index (χ3n) is 4.07. The van der Waals surface area contributed by atoms with Crippen molar-refractivity contribution >= 4 is 5.91 Å². The zero-order valence-electron chi connectivity index (χ0n) is 13.9. The summed E-state index contributed by atoms with van der Waals surface area (Å²) >= 11 is 0. The summed E-state index contributed by atoms with van der Waals surface area (Å²) in [6, 6.07) is 9.67. The van der Waals surface area contributed by atoms with Crippen molar-refractivity contribution in [2.45, 2.75) is 25.4 Å². The summed E-state index contributed by atoms with van der Waals surface area (Å²) in [5.41, 5.74) is 1.46. The number of ether oxygens (including phenoxy) is 2. The Balaban J connectivity index is 1.46. The van der Waals surface area contributed by atoms with Crippen LogP contribution in [0.2, 0.25) is 0 Å². The van der Waals surface area contributed by atoms with Gasteiger partial charge in [0, 0.05) is 31.6 Å². The predicted octanol–water partition coefficient (Wildman–Crippen LogP) is 2.75. The highest BCUT2D eigenvalue weighted by Crippen LogP contribution is 2.16. The molecule has 0 radical (unpaired) electrons. The Hall–Kier alpha value is -2.47. The Bertz CT molecular complexity index is 683. The molecule has 1 aliphatic rings. The largest absolute Gasteiger partial charge is 0.474 e. The van der Waals surface area contributed by atoms with Crippen molar-refractivity contribution in [2.75, 3.05) is 19.8 Å². The second-order valence-electron chi connectivity index (χ2n) is 5.95. The summed E-state index contributed by atoms with van der Waals surface area (Å²) in [4.78, 5) is 16.3. The van der Waals surface area contributed by atoms with Crippen LogP contribution >= 0.6 is 0 Å². The topological polar surface area (TPSA) is 60.5 Å². The van der Waals surface area contributed by atoms with E-state index < -0.39 is 0 Å². The second kappa shape index (κ2) is 8.58. The minimum Gasteiger partial charge on any atom is -0.474 e. The number of rotatable bonds is 6. The summed E-state index contributed by atoms with van der Waals surface area (Å²) in [6.45, 7) is 1.89. The van der Waals surface area contributed by atoms with Gasteiger partial charge in [-0.25, -0.2) is 9.37 Å². The molecule has 1 saturated heterocycles. The van der Waals surface area contributed by atoms with Crippen molar-refractivity contribution in [1.29, 1.82) is 0 Å². The molecule has 0 atom stereocenters. The van der Waals surface area contributed by atoms with E-state index in [-0.39, 0.29) is 17.8 Å². The molecule has 5 nitrogen and oxygen atoms in total. The Labute approximate surface area is 146 Å². The molecular weight excluding hydrogens is 323 g/mol. The Morgan fingerprint density at radius 2 is 1.96 bits per heavy atom. The molecule has 0 bridgehead atoms. The van der Waals surface area contributed by atoms with Crippen LogP contribution in [0.1, 0.15) is 28.8 Å². The van der Waals surface area contributed by atoms with E-state index in [9.17, 15) is 9.18 Å². The van der Waals surface area contributed by atoms with Crippen LogP contribution in [-0.2, 0) is 11.2 Å². The molecular formula is C19H21FN2O3. The molecule has 1 aromatic carbocycles. The molecule has 1 aromatic heterocycles. The molecule has 0 saturated carbocycles. The third-order valence-corrected chi connectivity index (χ3v) is 4.07. The molecule has 3 rings (SSSR count). The third kappa shape index (κ3) is 5.26. The highest BCUT2D eigenvalue weighted by molar-refractivity contribution is 5.93. The van der Waals surface area contributed by atoms with Gasteiger partial charge in [0.1, 0.15) is 11.9 Å². The predicted molar refractivity (Wildman–Crippen MR) is 91.1 cm³/mol. The van der Waals surface area contributed by atoms with Crippen molar-refractivity contribution < 1.29 is 18.7 Å². The number of carbonyl (C=O) groups is 1. The van der Waals surface area contributed by atoms with Crippen LogP contribution in [0, 0.1) is 5.82 Å². The molecule has 0 aliphatic carbocycles. The van der Waals surface area contributed by atoms with Crippen molar-refractivity contribution in [1.82, 2.24) is 10.3 Å². The fourth-order valence-corrected chi connectivity index (χ4v) is 2.62. The lowest BCUT2D eigenvalue weighted by atomic mass is 10.1. The molecule has 0 unspecified atom stereocenters. The first-order valence-corrected chi connectivity index (χ1v) is 8.44. The van der Waals surface area contributed by atoms with Crippen LogP contribution in [0.4, 0.5) is 4.39 Å². The molecule has 1 aliphatic heterocycles. The van der Waals surface area contributed by atoms with Gasteiger partial charge in [-0.15, -0.1) is 0 Å². The zero-order chi connectivity index (χ0) is 17.5. The summed E-state index contributed by atoms with van der Waals surface area (Å²) < 4.78 is 23.9. The molecule has 1 amide bonds. The minimum atomic E-state index is -0.262. The Kier molecular flexibility index (Phi) is 5.95. The lowest BCUT2D eigenvalue weighted by Crippen LogP contribution is -2.27. The van der Waals surface area contributed by atoms with Crippen LogP contribution in [0.3, 0.4) is 0 Å². The Morgan fingerprint density at radius 3 is 2.64 bits per heavy atom. The number of hydrogen-bond donors (Lipinski definition) is 1. The van der Waals surface area contributed by atoms with Gasteiger partial charge in [0.25, 0.3) is 5.91 Å². The van der Waals surface area contributed by atoms with E-state index in [1.54, 1.807) is 24.3 Å². The summed E-state index contributed by atoms with van der Waals surface area (Å²) in [6.07, 6.45) is 3.99. The zero-order valence-corrected chi connectivity index (χ0v) is 13.9. The average molecular weight is 344 g/mol. The van der Waals surface area contributed by atoms with Crippen molar-refractivity contribution in [2.24, 2.45) is 0 Å². The molecule has 1 fully saturated rings. The lowest BCUT2D eigenvalue weighted by molar-refractivity contribution is 0.0237. The van der Waals surface area contributed by atoms with E-state index in [1.807, 2.05) is 0 Å². The molecule has 132 valence electrons. The smallest absolute Gasteiger partial charge is 0.252 e. The maximum Gasteiger partial charge on any atom is 0.252 e. The van der Waals surface area contributed by atoms with E-state index in [0.717, 1.165) is 18.4 Å². The summed E-state index contributed by atoms with van der Waals surface area (Å²) in [5, 5.41) is 2.83. The quantitative estimate of drug-likeness (QED) is 0.875. The first-order chi connectivity index (χ1) is 12.2. The number of aromatic nitrogens is 1. The molecule has 2 heterocycles. The lowest BCUT2D eigenvalue weighted by Gasteiger charge is -2.22. The average Bonchev–Trinajstić information content (AvgIpc) is 2.65. The summed E-state index contributed by atoms with van der Waals surface area (Å²) in [7, 11) is 0. The van der Waals surface area contributed by atoms with Crippen molar-refractivity contribution in [3.8, 4) is 5.88 Å². The van der Waals surface area contributed by atoms with Crippen LogP contribution in [0.5, 0.6) is 5.88 Å². The number of pyridine rings is 1. The van der Waals surface area contributed by atoms with Gasteiger partial charge < -0.3 is 14.8 Å². The van der Waals surface area contributed by atoms with Crippen LogP contribution < -0.4 is 10.1 Å². The summed E-state index contributed by atoms with van der Waals surface area (Å²) in [5.74, 6) is 0.0731. The van der Waals surface area contributed by atoms with Gasteiger partial charge >= 0.3 is 0 Å². The SMILES string of the molecule is O=C(NCCc1ccc(F)cc1)c1ccc(OC2CCOCC2)nc1. The van der Waals surface area contributed by atoms with Gasteiger partial charge in [0.2, 0.25) is 5.88 Å². The standard InChI is InChI=1S/C19H21FN2O3/c20-16-4-1-14(2-5-16)7-10-21-19(23)15-3-6-18(22-13-15)25-17-8-11-24-12-9-17/h1-6,13,17H,7-12H2,(H,21,23). The van der Waals surface area contributed by atoms with E-state index in [0.29, 0.717) is 37.6 Å². The highest BCUT2D eigenvalue weighted by atomic mass is 19.1. The number of hydrogen-bond acceptors (Lipinski definition) is 4. The number of carbonyl (C=O) groups excluding carboxylic acids is 1. The Morgan fingerprint density at radius 1 is 1.20 bits per heavy atom. The molecule has 25 heavy (non-hydrogen) atoms. The van der Waals surface area contributed by atoms with Crippen LogP contribution in [0.25, 0.3) is 0 Å². The number of amides is 1. The van der Waals surface area contributed by atoms with Gasteiger partial charge in [-0.1, -0.05) is 12.1 Å². The van der Waals surface area contributed by atoms with E-state index in [1.165, 1.54) is 18.3 Å². The van der Waals surface area contributed by atoms with Gasteiger partial charge in [-0.2, -0.15) is 0 Å². The normalized spacial score (nSPS) is 14.9.